The number of nitro groups is 1. The summed E-state index contributed by atoms with van der Waals surface area (Å²) in [5, 5.41) is 14.6. The highest BCUT2D eigenvalue weighted by Crippen LogP contribution is 2.29. The maximum Gasteiger partial charge on any atom is 0.293 e. The van der Waals surface area contributed by atoms with E-state index in [2.05, 4.69) is 22.3 Å². The highest BCUT2D eigenvalue weighted by atomic mass is 32.2. The van der Waals surface area contributed by atoms with E-state index in [-0.39, 0.29) is 16.6 Å². The predicted molar refractivity (Wildman–Crippen MR) is 105 cm³/mol. The molecule has 1 aliphatic heterocycles. The number of benzene rings is 2. The maximum atomic E-state index is 11.6. The van der Waals surface area contributed by atoms with Gasteiger partial charge in [-0.25, -0.2) is 8.42 Å². The van der Waals surface area contributed by atoms with Crippen molar-refractivity contribution in [2.24, 2.45) is 0 Å². The third-order valence-corrected chi connectivity index (χ3v) is 5.90. The molecule has 1 aliphatic rings. The molecule has 0 amide bonds. The van der Waals surface area contributed by atoms with Gasteiger partial charge in [-0.15, -0.1) is 0 Å². The first kappa shape index (κ1) is 19.3. The summed E-state index contributed by atoms with van der Waals surface area (Å²) in [5.74, 6) is 0. The highest BCUT2D eigenvalue weighted by Gasteiger charge is 2.23. The number of nitrogens with zero attached hydrogens (tertiary/aromatic N) is 2. The topological polar surface area (TPSA) is 92.6 Å². The van der Waals surface area contributed by atoms with Gasteiger partial charge in [-0.2, -0.15) is 0 Å². The van der Waals surface area contributed by atoms with Crippen LogP contribution < -0.4 is 5.32 Å². The molecule has 3 rings (SSSR count). The summed E-state index contributed by atoms with van der Waals surface area (Å²) in [4.78, 5) is 13.1. The van der Waals surface area contributed by atoms with Crippen LogP contribution in [0.3, 0.4) is 0 Å². The molecular weight excluding hydrogens is 366 g/mol. The number of nitro benzene ring substituents is 1. The van der Waals surface area contributed by atoms with Gasteiger partial charge in [0.15, 0.2) is 9.84 Å². The van der Waals surface area contributed by atoms with Gasteiger partial charge in [-0.3, -0.25) is 15.0 Å². The first-order valence-electron chi connectivity index (χ1n) is 8.84. The summed E-state index contributed by atoms with van der Waals surface area (Å²) in [6, 6.07) is 14.4. The molecule has 0 saturated carbocycles. The van der Waals surface area contributed by atoms with E-state index >= 15 is 0 Å². The molecule has 0 unspecified atom stereocenters. The van der Waals surface area contributed by atoms with Crippen molar-refractivity contribution >= 4 is 21.2 Å². The highest BCUT2D eigenvalue weighted by molar-refractivity contribution is 7.90. The predicted octanol–water partition coefficient (Wildman–Crippen LogP) is 3.07. The number of hydrogen-bond acceptors (Lipinski definition) is 6. The molecule has 0 spiro atoms. The molecule has 27 heavy (non-hydrogen) atoms. The van der Waals surface area contributed by atoms with Crippen molar-refractivity contribution in [2.45, 2.75) is 30.3 Å². The van der Waals surface area contributed by atoms with Gasteiger partial charge in [0.25, 0.3) is 5.69 Å². The fraction of sp³-hybridized carbons (Fsp3) is 0.368. The van der Waals surface area contributed by atoms with Gasteiger partial charge in [0.05, 0.1) is 9.82 Å². The Bertz CT molecular complexity index is 908. The molecule has 0 radical (unpaired) electrons. The van der Waals surface area contributed by atoms with Gasteiger partial charge in [0, 0.05) is 38.0 Å². The first-order chi connectivity index (χ1) is 12.8. The molecule has 1 N–H and O–H groups in total. The molecule has 2 aromatic rings. The van der Waals surface area contributed by atoms with Crippen molar-refractivity contribution in [3.05, 3.63) is 64.2 Å². The number of sulfone groups is 1. The van der Waals surface area contributed by atoms with E-state index in [0.29, 0.717) is 5.69 Å². The van der Waals surface area contributed by atoms with E-state index in [1.807, 2.05) is 18.2 Å². The van der Waals surface area contributed by atoms with Crippen LogP contribution in [0, 0.1) is 10.1 Å². The van der Waals surface area contributed by atoms with Crippen molar-refractivity contribution in [3.8, 4) is 0 Å². The lowest BCUT2D eigenvalue weighted by atomic mass is 10.0. The van der Waals surface area contributed by atoms with Crippen LogP contribution in [0.5, 0.6) is 0 Å². The van der Waals surface area contributed by atoms with Crippen molar-refractivity contribution in [3.63, 3.8) is 0 Å². The Labute approximate surface area is 159 Å². The number of likely N-dealkylation sites (tertiary alicyclic amines) is 1. The Kier molecular flexibility index (Phi) is 5.76. The molecule has 1 saturated heterocycles. The summed E-state index contributed by atoms with van der Waals surface area (Å²) in [7, 11) is -3.48. The van der Waals surface area contributed by atoms with E-state index < -0.39 is 14.8 Å². The Hall–Kier alpha value is -2.45. The largest absolute Gasteiger partial charge is 0.377 e. The third-order valence-electron chi connectivity index (χ3n) is 4.79. The fourth-order valence-electron chi connectivity index (χ4n) is 3.31. The summed E-state index contributed by atoms with van der Waals surface area (Å²) < 4.78 is 23.3. The second kappa shape index (κ2) is 8.06. The number of rotatable bonds is 6. The molecule has 0 atom stereocenters. The van der Waals surface area contributed by atoms with Crippen LogP contribution in [-0.4, -0.2) is 43.6 Å². The molecule has 0 aromatic heterocycles. The van der Waals surface area contributed by atoms with E-state index in [0.717, 1.165) is 44.8 Å². The van der Waals surface area contributed by atoms with E-state index in [9.17, 15) is 18.5 Å². The van der Waals surface area contributed by atoms with Crippen LogP contribution in [-0.2, 0) is 16.4 Å². The van der Waals surface area contributed by atoms with E-state index in [1.54, 1.807) is 0 Å². The van der Waals surface area contributed by atoms with Crippen molar-refractivity contribution in [2.75, 3.05) is 24.7 Å². The normalized spacial score (nSPS) is 16.2. The van der Waals surface area contributed by atoms with Crippen LogP contribution in [0.2, 0.25) is 0 Å². The smallest absolute Gasteiger partial charge is 0.293 e. The molecular formula is C19H23N3O4S. The monoisotopic (exact) mass is 389 g/mol. The Morgan fingerprint density at radius 1 is 1.15 bits per heavy atom. The van der Waals surface area contributed by atoms with Crippen LogP contribution in [0.15, 0.2) is 53.4 Å². The van der Waals surface area contributed by atoms with Crippen molar-refractivity contribution in [1.29, 1.82) is 0 Å². The van der Waals surface area contributed by atoms with Gasteiger partial charge >= 0.3 is 0 Å². The average molecular weight is 389 g/mol. The maximum absolute atomic E-state index is 11.6. The zero-order chi connectivity index (χ0) is 19.4. The molecule has 0 bridgehead atoms. The Balaban J connectivity index is 1.64. The molecule has 7 nitrogen and oxygen atoms in total. The summed E-state index contributed by atoms with van der Waals surface area (Å²) in [6.07, 6.45) is 2.79. The molecule has 1 fully saturated rings. The quantitative estimate of drug-likeness (QED) is 0.603. The summed E-state index contributed by atoms with van der Waals surface area (Å²) in [6.45, 7) is 2.71. The summed E-state index contributed by atoms with van der Waals surface area (Å²) in [5.41, 5.74) is 1.44. The van der Waals surface area contributed by atoms with Gasteiger partial charge in [0.1, 0.15) is 5.69 Å². The molecule has 0 aliphatic carbocycles. The van der Waals surface area contributed by atoms with Crippen LogP contribution in [0.4, 0.5) is 11.4 Å². The van der Waals surface area contributed by atoms with Gasteiger partial charge in [0.2, 0.25) is 0 Å². The zero-order valence-electron chi connectivity index (χ0n) is 15.2. The Morgan fingerprint density at radius 2 is 1.81 bits per heavy atom. The van der Waals surface area contributed by atoms with E-state index in [1.165, 1.54) is 17.7 Å². The third kappa shape index (κ3) is 5.05. The van der Waals surface area contributed by atoms with Crippen LogP contribution >= 0.6 is 0 Å². The SMILES string of the molecule is CS(=O)(=O)c1ccc(NC2CCN(Cc3ccccc3)CC2)c([N+](=O)[O-])c1. The minimum absolute atomic E-state index is 0.0440. The average Bonchev–Trinajstić information content (AvgIpc) is 2.63. The first-order valence-corrected chi connectivity index (χ1v) is 10.7. The lowest BCUT2D eigenvalue weighted by molar-refractivity contribution is -0.384. The van der Waals surface area contributed by atoms with Crippen molar-refractivity contribution < 1.29 is 13.3 Å². The van der Waals surface area contributed by atoms with Gasteiger partial charge in [-0.1, -0.05) is 30.3 Å². The van der Waals surface area contributed by atoms with Crippen LogP contribution in [0.25, 0.3) is 0 Å². The number of piperidine rings is 1. The van der Waals surface area contributed by atoms with Gasteiger partial charge < -0.3 is 5.32 Å². The molecule has 8 heteroatoms. The van der Waals surface area contributed by atoms with Crippen LogP contribution in [0.1, 0.15) is 18.4 Å². The molecule has 1 heterocycles. The zero-order valence-corrected chi connectivity index (χ0v) is 16.0. The van der Waals surface area contributed by atoms with E-state index in [4.69, 9.17) is 0 Å². The standard InChI is InChI=1S/C19H23N3O4S/c1-27(25,26)17-7-8-18(19(13-17)22(23)24)20-16-9-11-21(12-10-16)14-15-5-3-2-4-6-15/h2-8,13,16,20H,9-12,14H2,1H3. The lowest BCUT2D eigenvalue weighted by Crippen LogP contribution is -2.38. The summed E-state index contributed by atoms with van der Waals surface area (Å²) >= 11 is 0. The molecule has 2 aromatic carbocycles. The second-order valence-corrected chi connectivity index (χ2v) is 8.90. The van der Waals surface area contributed by atoms with Gasteiger partial charge in [-0.05, 0) is 30.5 Å². The minimum atomic E-state index is -3.48. The second-order valence-electron chi connectivity index (χ2n) is 6.89. The number of anilines is 1. The Morgan fingerprint density at radius 3 is 2.41 bits per heavy atom. The number of hydrogen-bond donors (Lipinski definition) is 1. The molecule has 144 valence electrons. The minimum Gasteiger partial charge on any atom is -0.377 e. The lowest BCUT2D eigenvalue weighted by Gasteiger charge is -2.32. The van der Waals surface area contributed by atoms with Crippen molar-refractivity contribution in [1.82, 2.24) is 4.90 Å². The fourth-order valence-corrected chi connectivity index (χ4v) is 3.95. The number of nitrogens with one attached hydrogen (secondary N) is 1.